The number of rotatable bonds is 4. The highest BCUT2D eigenvalue weighted by atomic mass is 127. The Labute approximate surface area is 178 Å². The average Bonchev–Trinajstić information content (AvgIpc) is 3.03. The molecule has 6 nitrogen and oxygen atoms in total. The highest BCUT2D eigenvalue weighted by molar-refractivity contribution is 14.1. The lowest BCUT2D eigenvalue weighted by Crippen LogP contribution is -3.19. The summed E-state index contributed by atoms with van der Waals surface area (Å²) < 4.78 is 6.30. The molecular weight excluding hydrogens is 469 g/mol. The first kappa shape index (κ1) is 19.2. The molecule has 0 spiro atoms. The van der Waals surface area contributed by atoms with Gasteiger partial charge in [0.25, 0.3) is 5.91 Å². The molecule has 0 saturated carbocycles. The van der Waals surface area contributed by atoms with Crippen molar-refractivity contribution in [1.29, 1.82) is 0 Å². The largest absolute Gasteiger partial charge is 0.497 e. The van der Waals surface area contributed by atoms with Gasteiger partial charge in [-0.15, -0.1) is 0 Å². The molecule has 4 rings (SSSR count). The van der Waals surface area contributed by atoms with Crippen molar-refractivity contribution < 1.29 is 19.2 Å². The summed E-state index contributed by atoms with van der Waals surface area (Å²) in [7, 11) is 1.66. The number of amides is 2. The van der Waals surface area contributed by atoms with Gasteiger partial charge in [-0.3, -0.25) is 9.59 Å². The Balaban J connectivity index is 1.41. The Morgan fingerprint density at radius 2 is 1.57 bits per heavy atom. The predicted octanol–water partition coefficient (Wildman–Crippen LogP) is 1.34. The summed E-state index contributed by atoms with van der Waals surface area (Å²) in [5.41, 5.74) is 1.84. The molecular formula is C21H23IN3O3+. The van der Waals surface area contributed by atoms with Gasteiger partial charge in [-0.1, -0.05) is 0 Å². The van der Waals surface area contributed by atoms with E-state index in [1.807, 2.05) is 36.4 Å². The van der Waals surface area contributed by atoms with Gasteiger partial charge in [-0.25, -0.2) is 4.90 Å². The number of ether oxygens (including phenoxy) is 1. The molecule has 2 aliphatic rings. The lowest BCUT2D eigenvalue weighted by molar-refractivity contribution is -0.915. The molecule has 2 amide bonds. The number of imide groups is 1. The molecule has 0 unspecified atom stereocenters. The van der Waals surface area contributed by atoms with E-state index in [1.165, 1.54) is 9.80 Å². The summed E-state index contributed by atoms with van der Waals surface area (Å²) in [4.78, 5) is 30.4. The molecule has 0 aliphatic carbocycles. The van der Waals surface area contributed by atoms with Crippen molar-refractivity contribution >= 4 is 45.8 Å². The van der Waals surface area contributed by atoms with Gasteiger partial charge in [-0.05, 0) is 71.1 Å². The Hall–Kier alpha value is -2.13. The van der Waals surface area contributed by atoms with E-state index in [4.69, 9.17) is 4.74 Å². The number of hydrogen-bond acceptors (Lipinski definition) is 4. The van der Waals surface area contributed by atoms with Gasteiger partial charge in [-0.2, -0.15) is 0 Å². The van der Waals surface area contributed by atoms with Gasteiger partial charge in [0.05, 0.1) is 45.4 Å². The van der Waals surface area contributed by atoms with Crippen LogP contribution >= 0.6 is 22.6 Å². The summed E-state index contributed by atoms with van der Waals surface area (Å²) in [6.07, 6.45) is 0.294. The first-order valence-electron chi connectivity index (χ1n) is 9.43. The van der Waals surface area contributed by atoms with Crippen molar-refractivity contribution in [1.82, 2.24) is 0 Å². The summed E-state index contributed by atoms with van der Waals surface area (Å²) in [6, 6.07) is 15.3. The average molecular weight is 492 g/mol. The number of anilines is 2. The van der Waals surface area contributed by atoms with E-state index in [0.717, 1.165) is 41.2 Å². The number of methoxy groups -OCH3 is 1. The van der Waals surface area contributed by atoms with Gasteiger partial charge >= 0.3 is 0 Å². The van der Waals surface area contributed by atoms with Gasteiger partial charge in [0, 0.05) is 9.26 Å². The second-order valence-electron chi connectivity index (χ2n) is 7.14. The molecule has 2 heterocycles. The van der Waals surface area contributed by atoms with Crippen LogP contribution in [-0.4, -0.2) is 51.1 Å². The maximum absolute atomic E-state index is 13.0. The zero-order chi connectivity index (χ0) is 19.7. The highest BCUT2D eigenvalue weighted by Gasteiger charge is 2.46. The number of quaternary nitrogens is 1. The van der Waals surface area contributed by atoms with Crippen LogP contribution in [-0.2, 0) is 9.59 Å². The molecule has 0 radical (unpaired) electrons. The first-order valence-corrected chi connectivity index (χ1v) is 10.5. The fraction of sp³-hybridized carbons (Fsp3) is 0.333. The predicted molar refractivity (Wildman–Crippen MR) is 116 cm³/mol. The van der Waals surface area contributed by atoms with Crippen LogP contribution in [0, 0.1) is 3.57 Å². The normalized spacial score (nSPS) is 20.7. The van der Waals surface area contributed by atoms with Crippen LogP contribution in [0.3, 0.4) is 0 Å². The number of nitrogens with one attached hydrogen (secondary N) is 1. The number of hydrogen-bond donors (Lipinski definition) is 1. The fourth-order valence-corrected chi connectivity index (χ4v) is 4.37. The first-order chi connectivity index (χ1) is 13.6. The van der Waals surface area contributed by atoms with Gasteiger partial charge < -0.3 is 14.5 Å². The van der Waals surface area contributed by atoms with Crippen LogP contribution in [0.15, 0.2) is 48.5 Å². The van der Waals surface area contributed by atoms with Crippen molar-refractivity contribution in [3.8, 4) is 5.75 Å². The van der Waals surface area contributed by atoms with Crippen molar-refractivity contribution in [3.05, 3.63) is 52.1 Å². The molecule has 2 saturated heterocycles. The molecule has 2 aromatic rings. The Morgan fingerprint density at radius 3 is 2.18 bits per heavy atom. The SMILES string of the molecule is COc1ccc(N2CC[NH+]([C@H]3CC(=O)N(c4ccc(I)cc4)C3=O)CC2)cc1. The molecule has 1 atom stereocenters. The zero-order valence-corrected chi connectivity index (χ0v) is 17.9. The number of benzene rings is 2. The number of piperazine rings is 1. The summed E-state index contributed by atoms with van der Waals surface area (Å²) in [5.74, 6) is 0.680. The van der Waals surface area contributed by atoms with Crippen molar-refractivity contribution in [2.24, 2.45) is 0 Å². The smallest absolute Gasteiger partial charge is 0.292 e. The van der Waals surface area contributed by atoms with E-state index in [9.17, 15) is 9.59 Å². The topological polar surface area (TPSA) is 54.3 Å². The van der Waals surface area contributed by atoms with Crippen molar-refractivity contribution in [2.75, 3.05) is 43.1 Å². The minimum atomic E-state index is -0.273. The lowest BCUT2D eigenvalue weighted by Gasteiger charge is -2.35. The van der Waals surface area contributed by atoms with Crippen LogP contribution < -0.4 is 19.4 Å². The standard InChI is InChI=1S/C21H22IN3O3/c1-28-18-8-6-16(7-9-18)23-10-12-24(13-11-23)19-14-20(26)25(21(19)27)17-4-2-15(22)3-5-17/h2-9,19H,10-14H2,1H3/p+1/t19-/m0/s1. The van der Waals surface area contributed by atoms with E-state index >= 15 is 0 Å². The minimum Gasteiger partial charge on any atom is -0.497 e. The van der Waals surface area contributed by atoms with Crippen LogP contribution in [0.4, 0.5) is 11.4 Å². The summed E-state index contributed by atoms with van der Waals surface area (Å²) in [6.45, 7) is 3.42. The molecule has 2 fully saturated rings. The lowest BCUT2D eigenvalue weighted by atomic mass is 10.1. The molecule has 0 bridgehead atoms. The molecule has 1 N–H and O–H groups in total. The number of carbonyl (C=O) groups is 2. The quantitative estimate of drug-likeness (QED) is 0.518. The number of nitrogens with zero attached hydrogens (tertiary/aromatic N) is 2. The molecule has 7 heteroatoms. The van der Waals surface area contributed by atoms with E-state index in [2.05, 4.69) is 39.6 Å². The van der Waals surface area contributed by atoms with Gasteiger partial charge in [0.2, 0.25) is 5.91 Å². The third kappa shape index (κ3) is 3.73. The molecule has 28 heavy (non-hydrogen) atoms. The zero-order valence-electron chi connectivity index (χ0n) is 15.7. The Bertz CT molecular complexity index is 861. The molecule has 2 aromatic carbocycles. The third-order valence-electron chi connectivity index (χ3n) is 5.57. The molecule has 146 valence electrons. The van der Waals surface area contributed by atoms with Crippen LogP contribution in [0.5, 0.6) is 5.75 Å². The fourth-order valence-electron chi connectivity index (χ4n) is 4.01. The van der Waals surface area contributed by atoms with E-state index in [0.29, 0.717) is 12.1 Å². The summed E-state index contributed by atoms with van der Waals surface area (Å²) >= 11 is 2.22. The Kier molecular flexibility index (Phi) is 5.54. The monoisotopic (exact) mass is 492 g/mol. The second-order valence-corrected chi connectivity index (χ2v) is 8.39. The minimum absolute atomic E-state index is 0.0703. The van der Waals surface area contributed by atoms with Crippen LogP contribution in [0.2, 0.25) is 0 Å². The van der Waals surface area contributed by atoms with Crippen molar-refractivity contribution in [3.63, 3.8) is 0 Å². The van der Waals surface area contributed by atoms with Crippen molar-refractivity contribution in [2.45, 2.75) is 12.5 Å². The highest BCUT2D eigenvalue weighted by Crippen LogP contribution is 2.23. The molecule has 2 aliphatic heterocycles. The van der Waals surface area contributed by atoms with E-state index in [1.54, 1.807) is 7.11 Å². The molecule has 0 aromatic heterocycles. The summed E-state index contributed by atoms with van der Waals surface area (Å²) in [5, 5.41) is 0. The van der Waals surface area contributed by atoms with Gasteiger partial charge in [0.1, 0.15) is 5.75 Å². The second kappa shape index (κ2) is 8.08. The van der Waals surface area contributed by atoms with Crippen LogP contribution in [0.25, 0.3) is 0 Å². The Morgan fingerprint density at radius 1 is 0.964 bits per heavy atom. The maximum Gasteiger partial charge on any atom is 0.292 e. The third-order valence-corrected chi connectivity index (χ3v) is 6.29. The number of carbonyl (C=O) groups excluding carboxylic acids is 2. The number of halogens is 1. The van der Waals surface area contributed by atoms with Gasteiger partial charge in [0.15, 0.2) is 6.04 Å². The van der Waals surface area contributed by atoms with E-state index < -0.39 is 0 Å². The van der Waals surface area contributed by atoms with Crippen LogP contribution in [0.1, 0.15) is 6.42 Å². The maximum atomic E-state index is 13.0. The van der Waals surface area contributed by atoms with E-state index in [-0.39, 0.29) is 17.9 Å².